The molecule has 6 nitrogen and oxygen atoms in total. The molecule has 2 fully saturated rings. The summed E-state index contributed by atoms with van der Waals surface area (Å²) in [4.78, 5) is 0. The molecule has 4 rings (SSSR count). The van der Waals surface area contributed by atoms with Gasteiger partial charge in [0.05, 0.1) is 24.1 Å². The van der Waals surface area contributed by atoms with Gasteiger partial charge in [-0.05, 0) is 29.2 Å². The first-order valence-electron chi connectivity index (χ1n) is 10.3. The molecule has 4 unspecified atom stereocenters. The van der Waals surface area contributed by atoms with Gasteiger partial charge in [0.1, 0.15) is 6.10 Å². The monoisotopic (exact) mass is 444 g/mol. The van der Waals surface area contributed by atoms with Crippen LogP contribution >= 0.6 is 11.6 Å². The van der Waals surface area contributed by atoms with Crippen LogP contribution in [0.2, 0.25) is 5.02 Å². The third-order valence-electron chi connectivity index (χ3n) is 6.82. The molecule has 0 radical (unpaired) electrons. The van der Waals surface area contributed by atoms with Crippen LogP contribution in [0.25, 0.3) is 0 Å². The number of nitriles is 3. The maximum Gasteiger partial charge on any atom is 0.244 e. The van der Waals surface area contributed by atoms with Crippen molar-refractivity contribution in [3.8, 4) is 18.2 Å². The van der Waals surface area contributed by atoms with E-state index in [2.05, 4.69) is 32.1 Å². The van der Waals surface area contributed by atoms with E-state index in [0.717, 1.165) is 5.56 Å². The lowest BCUT2D eigenvalue weighted by atomic mass is 9.53. The number of ether oxygens (including phenoxy) is 2. The number of hydrogen-bond donors (Lipinski definition) is 1. The van der Waals surface area contributed by atoms with E-state index in [1.165, 1.54) is 0 Å². The lowest BCUT2D eigenvalue weighted by Gasteiger charge is -2.48. The molecule has 2 aliphatic rings. The van der Waals surface area contributed by atoms with Crippen molar-refractivity contribution in [2.24, 2.45) is 16.7 Å². The van der Waals surface area contributed by atoms with E-state index in [-0.39, 0.29) is 0 Å². The van der Waals surface area contributed by atoms with Gasteiger partial charge in [-0.15, -0.1) is 0 Å². The number of halogens is 1. The topological polar surface area (TPSA) is 114 Å². The molecule has 2 aromatic rings. The van der Waals surface area contributed by atoms with Crippen LogP contribution in [0.3, 0.4) is 0 Å². The second-order valence-electron chi connectivity index (χ2n) is 8.60. The van der Waals surface area contributed by atoms with Crippen LogP contribution in [0.15, 0.2) is 48.5 Å². The van der Waals surface area contributed by atoms with Crippen LogP contribution in [-0.4, -0.2) is 5.90 Å². The minimum absolute atomic E-state index is 0.298. The van der Waals surface area contributed by atoms with Crippen LogP contribution in [0.1, 0.15) is 49.5 Å². The van der Waals surface area contributed by atoms with Gasteiger partial charge in [-0.3, -0.25) is 5.41 Å². The molecule has 4 atom stereocenters. The average molecular weight is 445 g/mol. The van der Waals surface area contributed by atoms with Gasteiger partial charge in [0.2, 0.25) is 17.1 Å². The van der Waals surface area contributed by atoms with E-state index in [4.69, 9.17) is 26.5 Å². The second-order valence-corrected chi connectivity index (χ2v) is 9.03. The molecule has 2 bridgehead atoms. The minimum atomic E-state index is -1.98. The van der Waals surface area contributed by atoms with Crippen molar-refractivity contribution in [2.45, 2.75) is 38.6 Å². The minimum Gasteiger partial charge on any atom is -0.443 e. The molecular weight excluding hydrogens is 424 g/mol. The van der Waals surface area contributed by atoms with Crippen LogP contribution in [-0.2, 0) is 15.3 Å². The van der Waals surface area contributed by atoms with Gasteiger partial charge in [0, 0.05) is 10.6 Å². The molecule has 2 aliphatic heterocycles. The predicted octanol–water partition coefficient (Wildman–Crippen LogP) is 5.57. The van der Waals surface area contributed by atoms with Crippen LogP contribution in [0, 0.1) is 56.2 Å². The Balaban J connectivity index is 1.99. The fourth-order valence-electron chi connectivity index (χ4n) is 4.91. The number of hydrogen-bond acceptors (Lipinski definition) is 6. The van der Waals surface area contributed by atoms with E-state index in [9.17, 15) is 15.8 Å². The third kappa shape index (κ3) is 2.56. The lowest BCUT2D eigenvalue weighted by molar-refractivity contribution is -0.288. The van der Waals surface area contributed by atoms with E-state index >= 15 is 0 Å². The molecule has 2 heterocycles. The van der Waals surface area contributed by atoms with E-state index in [1.807, 2.05) is 24.3 Å². The highest BCUT2D eigenvalue weighted by Gasteiger charge is 2.79. The van der Waals surface area contributed by atoms with Crippen LogP contribution in [0.4, 0.5) is 0 Å². The van der Waals surface area contributed by atoms with Crippen molar-refractivity contribution in [1.29, 1.82) is 21.2 Å². The van der Waals surface area contributed by atoms with Crippen LogP contribution < -0.4 is 0 Å². The summed E-state index contributed by atoms with van der Waals surface area (Å²) in [6.07, 6.45) is -1.12. The number of nitrogens with one attached hydrogen (secondary N) is 1. The fraction of sp³-hybridized carbons (Fsp3) is 0.360. The molecule has 0 amide bonds. The summed E-state index contributed by atoms with van der Waals surface area (Å²) in [5.74, 6) is -2.46. The van der Waals surface area contributed by atoms with E-state index < -0.39 is 34.5 Å². The summed E-state index contributed by atoms with van der Waals surface area (Å²) in [6.45, 7) is 5.82. The van der Waals surface area contributed by atoms with Crippen molar-refractivity contribution in [2.75, 3.05) is 0 Å². The number of benzene rings is 2. The largest absolute Gasteiger partial charge is 0.443 e. The maximum atomic E-state index is 10.3. The Bertz CT molecular complexity index is 1190. The highest BCUT2D eigenvalue weighted by Crippen LogP contribution is 2.68. The summed E-state index contributed by atoms with van der Waals surface area (Å²) in [7, 11) is 0. The Morgan fingerprint density at radius 2 is 1.56 bits per heavy atom. The molecule has 160 valence electrons. The molecule has 2 aromatic carbocycles. The summed E-state index contributed by atoms with van der Waals surface area (Å²) in [5, 5.41) is 40.1. The Morgan fingerprint density at radius 1 is 0.969 bits per heavy atom. The van der Waals surface area contributed by atoms with Crippen LogP contribution in [0.5, 0.6) is 0 Å². The maximum absolute atomic E-state index is 10.3. The Morgan fingerprint density at radius 3 is 2.06 bits per heavy atom. The SMILES string of the molecule is CC(C)c1ccc(C2OC3(c4ccc(Cl)cc4)OC(=N)C(C#N)(C3C)C2(C#N)C#N)cc1. The first-order chi connectivity index (χ1) is 15.2. The molecule has 0 aromatic heterocycles. The smallest absolute Gasteiger partial charge is 0.244 e. The molecule has 1 N–H and O–H groups in total. The predicted molar refractivity (Wildman–Crippen MR) is 117 cm³/mol. The van der Waals surface area contributed by atoms with E-state index in [1.54, 1.807) is 31.2 Å². The zero-order chi connectivity index (χ0) is 23.3. The molecular formula is C25H21ClN4O2. The van der Waals surface area contributed by atoms with Crippen molar-refractivity contribution in [3.63, 3.8) is 0 Å². The number of rotatable bonds is 3. The van der Waals surface area contributed by atoms with Gasteiger partial charge in [-0.1, -0.05) is 68.8 Å². The van der Waals surface area contributed by atoms with Gasteiger partial charge in [-0.2, -0.15) is 15.8 Å². The first kappa shape index (κ1) is 21.8. The zero-order valence-electron chi connectivity index (χ0n) is 17.9. The summed E-state index contributed by atoms with van der Waals surface area (Å²) in [5.41, 5.74) is -1.59. The molecule has 7 heteroatoms. The quantitative estimate of drug-likeness (QED) is 0.664. The van der Waals surface area contributed by atoms with Gasteiger partial charge < -0.3 is 9.47 Å². The fourth-order valence-corrected chi connectivity index (χ4v) is 5.03. The second kappa shape index (κ2) is 7.35. The standard InChI is InChI=1S/C25H21ClN4O2/c1-15(2)17-4-6-18(7-5-17)21-23(12-27,13-28)24(14-29)16(3)25(31-21,32-22(24)30)19-8-10-20(26)11-9-19/h4-11,15-16,21,30H,1-3H3. The average Bonchev–Trinajstić information content (AvgIpc) is 2.96. The third-order valence-corrected chi connectivity index (χ3v) is 7.07. The van der Waals surface area contributed by atoms with Crippen molar-refractivity contribution in [3.05, 3.63) is 70.2 Å². The van der Waals surface area contributed by atoms with Gasteiger partial charge in [0.15, 0.2) is 5.41 Å². The molecule has 0 saturated carbocycles. The Labute approximate surface area is 192 Å². The zero-order valence-corrected chi connectivity index (χ0v) is 18.6. The molecule has 32 heavy (non-hydrogen) atoms. The number of fused-ring (bicyclic) bond motifs is 2. The summed E-state index contributed by atoms with van der Waals surface area (Å²) >= 11 is 6.06. The Kier molecular flexibility index (Phi) is 5.02. The number of nitrogens with zero attached hydrogens (tertiary/aromatic N) is 3. The van der Waals surface area contributed by atoms with Gasteiger partial charge in [-0.25, -0.2) is 0 Å². The highest BCUT2D eigenvalue weighted by molar-refractivity contribution is 6.30. The van der Waals surface area contributed by atoms with Crippen molar-refractivity contribution < 1.29 is 9.47 Å². The van der Waals surface area contributed by atoms with E-state index in [0.29, 0.717) is 22.1 Å². The first-order valence-corrected chi connectivity index (χ1v) is 10.7. The van der Waals surface area contributed by atoms with Gasteiger partial charge in [0.25, 0.3) is 0 Å². The molecule has 0 spiro atoms. The summed E-state index contributed by atoms with van der Waals surface area (Å²) in [6, 6.07) is 20.5. The van der Waals surface area contributed by atoms with Crippen molar-refractivity contribution in [1.82, 2.24) is 0 Å². The van der Waals surface area contributed by atoms with Gasteiger partial charge >= 0.3 is 0 Å². The molecule has 0 aliphatic carbocycles. The summed E-state index contributed by atoms with van der Waals surface area (Å²) < 4.78 is 12.5. The Hall–Kier alpha value is -3.37. The highest BCUT2D eigenvalue weighted by atomic mass is 35.5. The molecule has 2 saturated heterocycles. The van der Waals surface area contributed by atoms with Crippen molar-refractivity contribution >= 4 is 17.5 Å². The lowest BCUT2D eigenvalue weighted by Crippen LogP contribution is -2.57. The normalized spacial score (nSPS) is 30.1.